The van der Waals surface area contributed by atoms with Gasteiger partial charge in [-0.1, -0.05) is 49.9 Å². The second-order valence-electron chi connectivity index (χ2n) is 5.61. The van der Waals surface area contributed by atoms with E-state index in [2.05, 4.69) is 29.1 Å². The largest absolute Gasteiger partial charge is 0.321 e. The van der Waals surface area contributed by atoms with Crippen LogP contribution in [0.4, 0.5) is 5.69 Å². The molecule has 0 radical (unpaired) electrons. The van der Waals surface area contributed by atoms with E-state index in [1.807, 2.05) is 0 Å². The molecule has 6 heteroatoms. The molecule has 1 aromatic heterocycles. The van der Waals surface area contributed by atoms with E-state index in [0.717, 1.165) is 19.3 Å². The first-order valence-corrected chi connectivity index (χ1v) is 7.14. The molecular weight excluding hydrogens is 285 g/mol. The minimum absolute atomic E-state index is 0.00305. The Morgan fingerprint density at radius 3 is 2.53 bits per heavy atom. The number of anilines is 1. The molecule has 1 atom stereocenters. The van der Waals surface area contributed by atoms with Gasteiger partial charge in [0.05, 0.1) is 0 Å². The number of amides is 1. The quantitative estimate of drug-likeness (QED) is 0.842. The molecule has 0 spiro atoms. The van der Waals surface area contributed by atoms with E-state index in [-0.39, 0.29) is 27.5 Å². The van der Waals surface area contributed by atoms with Gasteiger partial charge in [-0.3, -0.25) is 4.79 Å². The molecule has 0 saturated heterocycles. The molecule has 2 rings (SSSR count). The van der Waals surface area contributed by atoms with Crippen LogP contribution in [0.15, 0.2) is 6.33 Å². The van der Waals surface area contributed by atoms with Crippen LogP contribution in [0.2, 0.25) is 10.3 Å². The van der Waals surface area contributed by atoms with Crippen LogP contribution in [0.3, 0.4) is 0 Å². The van der Waals surface area contributed by atoms with E-state index in [1.165, 1.54) is 12.7 Å². The highest BCUT2D eigenvalue weighted by Gasteiger charge is 2.37. The Balaban J connectivity index is 2.17. The van der Waals surface area contributed by atoms with Crippen LogP contribution in [0.1, 0.15) is 39.5 Å². The zero-order chi connectivity index (χ0) is 14.0. The fourth-order valence-electron chi connectivity index (χ4n) is 2.64. The molecular formula is C13H17Cl2N3O. The first kappa shape index (κ1) is 14.5. The highest BCUT2D eigenvalue weighted by Crippen LogP contribution is 2.41. The third kappa shape index (κ3) is 3.18. The smallest absolute Gasteiger partial charge is 0.228 e. The second kappa shape index (κ2) is 5.63. The van der Waals surface area contributed by atoms with Gasteiger partial charge in [0.25, 0.3) is 0 Å². The third-order valence-electron chi connectivity index (χ3n) is 3.83. The molecule has 1 unspecified atom stereocenters. The molecule has 0 aromatic carbocycles. The summed E-state index contributed by atoms with van der Waals surface area (Å²) in [4.78, 5) is 20.1. The van der Waals surface area contributed by atoms with Crippen molar-refractivity contribution < 1.29 is 4.79 Å². The van der Waals surface area contributed by atoms with Gasteiger partial charge in [0, 0.05) is 5.92 Å². The fraction of sp³-hybridized carbons (Fsp3) is 0.615. The number of nitrogens with one attached hydrogen (secondary N) is 1. The van der Waals surface area contributed by atoms with Gasteiger partial charge >= 0.3 is 0 Å². The maximum atomic E-state index is 12.4. The average molecular weight is 302 g/mol. The molecule has 1 fully saturated rings. The van der Waals surface area contributed by atoms with Crippen molar-refractivity contribution in [3.05, 3.63) is 16.6 Å². The standard InChI is InChI=1S/C13H17Cl2N3O/c1-13(2)6-4-3-5-8(13)12(19)18-9-10(14)16-7-17-11(9)15/h7-8H,3-6H2,1-2H3,(H,18,19). The summed E-state index contributed by atoms with van der Waals surface area (Å²) >= 11 is 11.9. The van der Waals surface area contributed by atoms with E-state index in [0.29, 0.717) is 5.69 Å². The van der Waals surface area contributed by atoms with E-state index < -0.39 is 0 Å². The first-order valence-electron chi connectivity index (χ1n) is 6.38. The van der Waals surface area contributed by atoms with E-state index >= 15 is 0 Å². The van der Waals surface area contributed by atoms with Crippen molar-refractivity contribution in [3.63, 3.8) is 0 Å². The molecule has 0 bridgehead atoms. The van der Waals surface area contributed by atoms with Gasteiger partial charge in [0.1, 0.15) is 12.0 Å². The van der Waals surface area contributed by atoms with Gasteiger partial charge in [-0.15, -0.1) is 0 Å². The highest BCUT2D eigenvalue weighted by molar-refractivity contribution is 6.38. The van der Waals surface area contributed by atoms with Gasteiger partial charge in [-0.05, 0) is 18.3 Å². The minimum atomic E-state index is -0.0525. The number of hydrogen-bond acceptors (Lipinski definition) is 3. The number of hydrogen-bond donors (Lipinski definition) is 1. The number of nitrogens with zero attached hydrogens (tertiary/aromatic N) is 2. The number of rotatable bonds is 2. The van der Waals surface area contributed by atoms with Gasteiger partial charge in [-0.2, -0.15) is 0 Å². The van der Waals surface area contributed by atoms with Crippen molar-refractivity contribution in [2.75, 3.05) is 5.32 Å². The van der Waals surface area contributed by atoms with Crippen LogP contribution in [0.25, 0.3) is 0 Å². The van der Waals surface area contributed by atoms with Crippen LogP contribution in [0.5, 0.6) is 0 Å². The normalized spacial score (nSPS) is 22.0. The number of halogens is 2. The molecule has 1 amide bonds. The van der Waals surface area contributed by atoms with E-state index in [4.69, 9.17) is 23.2 Å². The summed E-state index contributed by atoms with van der Waals surface area (Å²) in [6.45, 7) is 4.25. The predicted molar refractivity (Wildman–Crippen MR) is 76.4 cm³/mol. The third-order valence-corrected chi connectivity index (χ3v) is 4.40. The lowest BCUT2D eigenvalue weighted by atomic mass is 9.68. The van der Waals surface area contributed by atoms with E-state index in [9.17, 15) is 4.79 Å². The summed E-state index contributed by atoms with van der Waals surface area (Å²) < 4.78 is 0. The molecule has 104 valence electrons. The van der Waals surface area contributed by atoms with Crippen LogP contribution >= 0.6 is 23.2 Å². The zero-order valence-corrected chi connectivity index (χ0v) is 12.6. The van der Waals surface area contributed by atoms with Crippen molar-refractivity contribution in [2.45, 2.75) is 39.5 Å². The first-order chi connectivity index (χ1) is 8.92. The molecule has 1 N–H and O–H groups in total. The number of aromatic nitrogens is 2. The van der Waals surface area contributed by atoms with Crippen LogP contribution in [-0.4, -0.2) is 15.9 Å². The highest BCUT2D eigenvalue weighted by atomic mass is 35.5. The summed E-state index contributed by atoms with van der Waals surface area (Å²) in [5, 5.41) is 3.11. The second-order valence-corrected chi connectivity index (χ2v) is 6.32. The molecule has 19 heavy (non-hydrogen) atoms. The maximum absolute atomic E-state index is 12.4. The van der Waals surface area contributed by atoms with Crippen LogP contribution in [-0.2, 0) is 4.79 Å². The Labute approximate surface area is 122 Å². The van der Waals surface area contributed by atoms with Crippen LogP contribution in [0, 0.1) is 11.3 Å². The summed E-state index contributed by atoms with van der Waals surface area (Å²) in [5.41, 5.74) is 0.300. The number of carbonyl (C=O) groups is 1. The lowest BCUT2D eigenvalue weighted by Crippen LogP contribution is -2.37. The molecule has 1 aliphatic rings. The number of carbonyl (C=O) groups excluding carboxylic acids is 1. The Kier molecular flexibility index (Phi) is 4.31. The van der Waals surface area contributed by atoms with E-state index in [1.54, 1.807) is 0 Å². The SMILES string of the molecule is CC1(C)CCCCC1C(=O)Nc1c(Cl)ncnc1Cl. The van der Waals surface area contributed by atoms with Crippen molar-refractivity contribution >= 4 is 34.8 Å². The predicted octanol–water partition coefficient (Wildman–Crippen LogP) is 3.94. The van der Waals surface area contributed by atoms with Crippen molar-refractivity contribution in [1.82, 2.24) is 9.97 Å². The van der Waals surface area contributed by atoms with Gasteiger partial charge in [0.2, 0.25) is 5.91 Å². The molecule has 1 saturated carbocycles. The van der Waals surface area contributed by atoms with Gasteiger partial charge in [0.15, 0.2) is 10.3 Å². The summed E-state index contributed by atoms with van der Waals surface area (Å²) in [7, 11) is 0. The fourth-order valence-corrected chi connectivity index (χ4v) is 3.05. The average Bonchev–Trinajstić information content (AvgIpc) is 2.33. The monoisotopic (exact) mass is 301 g/mol. The van der Waals surface area contributed by atoms with Crippen molar-refractivity contribution in [1.29, 1.82) is 0 Å². The topological polar surface area (TPSA) is 54.9 Å². The summed E-state index contributed by atoms with van der Waals surface area (Å²) in [6, 6.07) is 0. The molecule has 1 aliphatic carbocycles. The van der Waals surface area contributed by atoms with Gasteiger partial charge < -0.3 is 5.32 Å². The molecule has 0 aliphatic heterocycles. The molecule has 4 nitrogen and oxygen atoms in total. The zero-order valence-electron chi connectivity index (χ0n) is 11.0. The summed E-state index contributed by atoms with van der Waals surface area (Å²) in [5.74, 6) is -0.0862. The Morgan fingerprint density at radius 1 is 1.32 bits per heavy atom. The lowest BCUT2D eigenvalue weighted by molar-refractivity contribution is -0.124. The van der Waals surface area contributed by atoms with Crippen LogP contribution < -0.4 is 5.32 Å². The van der Waals surface area contributed by atoms with Gasteiger partial charge in [-0.25, -0.2) is 9.97 Å². The Hall–Kier alpha value is -0.870. The van der Waals surface area contributed by atoms with Crippen molar-refractivity contribution in [2.24, 2.45) is 11.3 Å². The van der Waals surface area contributed by atoms with Crippen molar-refractivity contribution in [3.8, 4) is 0 Å². The Bertz CT molecular complexity index is 471. The maximum Gasteiger partial charge on any atom is 0.228 e. The Morgan fingerprint density at radius 2 is 1.95 bits per heavy atom. The lowest BCUT2D eigenvalue weighted by Gasteiger charge is -2.37. The molecule has 1 aromatic rings. The summed E-state index contributed by atoms with van der Waals surface area (Å²) in [6.07, 6.45) is 5.46. The molecule has 1 heterocycles. The minimum Gasteiger partial charge on any atom is -0.321 e.